The van der Waals surface area contributed by atoms with Crippen molar-refractivity contribution in [3.63, 3.8) is 0 Å². The number of benzene rings is 2. The van der Waals surface area contributed by atoms with Crippen LogP contribution in [0.4, 0.5) is 0 Å². The van der Waals surface area contributed by atoms with Gasteiger partial charge in [-0.25, -0.2) is 9.78 Å². The quantitative estimate of drug-likeness (QED) is 0.428. The lowest BCUT2D eigenvalue weighted by Crippen LogP contribution is -2.20. The molecule has 30 heavy (non-hydrogen) atoms. The Morgan fingerprint density at radius 1 is 1.13 bits per heavy atom. The number of carbonyl (C=O) groups excluding carboxylic acids is 2. The lowest BCUT2D eigenvalue weighted by Gasteiger charge is -2.09. The molecule has 0 unspecified atom stereocenters. The van der Waals surface area contributed by atoms with Crippen molar-refractivity contribution in [2.45, 2.75) is 6.61 Å². The Morgan fingerprint density at radius 2 is 1.93 bits per heavy atom. The molecule has 0 saturated heterocycles. The molecule has 3 aromatic rings. The maximum absolute atomic E-state index is 12.0. The van der Waals surface area contributed by atoms with Crippen molar-refractivity contribution in [1.29, 1.82) is 0 Å². The number of hydrogen-bond donors (Lipinski definition) is 1. The normalized spacial score (nSPS) is 10.7. The van der Waals surface area contributed by atoms with Crippen LogP contribution in [0.25, 0.3) is 17.4 Å². The third-order valence-electron chi connectivity index (χ3n) is 3.92. The van der Waals surface area contributed by atoms with E-state index in [0.29, 0.717) is 28.7 Å². The molecule has 154 valence electrons. The smallest absolute Gasteiger partial charge is 0.331 e. The zero-order chi connectivity index (χ0) is 21.3. The predicted octanol–water partition coefficient (Wildman–Crippen LogP) is 2.97. The fraction of sp³-hybridized carbons (Fsp3) is 0.136. The lowest BCUT2D eigenvalue weighted by atomic mass is 10.2. The molecule has 3 rings (SSSR count). The second kappa shape index (κ2) is 9.92. The summed E-state index contributed by atoms with van der Waals surface area (Å²) in [5.41, 5.74) is 6.63. The minimum atomic E-state index is -0.592. The number of primary amides is 1. The van der Waals surface area contributed by atoms with E-state index >= 15 is 0 Å². The van der Waals surface area contributed by atoms with Crippen molar-refractivity contribution in [2.24, 2.45) is 5.73 Å². The van der Waals surface area contributed by atoms with Crippen LogP contribution in [0.2, 0.25) is 0 Å². The summed E-state index contributed by atoms with van der Waals surface area (Å²) in [6.07, 6.45) is 4.43. The third kappa shape index (κ3) is 5.71. The number of oxazole rings is 1. The van der Waals surface area contributed by atoms with Gasteiger partial charge in [-0.2, -0.15) is 0 Å². The first-order chi connectivity index (χ1) is 14.5. The molecule has 1 amide bonds. The van der Waals surface area contributed by atoms with E-state index in [-0.39, 0.29) is 13.2 Å². The van der Waals surface area contributed by atoms with Gasteiger partial charge in [-0.3, -0.25) is 4.79 Å². The van der Waals surface area contributed by atoms with Gasteiger partial charge in [-0.05, 0) is 23.8 Å². The molecule has 0 aliphatic rings. The summed E-state index contributed by atoms with van der Waals surface area (Å²) in [6.45, 7) is -0.343. The summed E-state index contributed by atoms with van der Waals surface area (Å²) >= 11 is 0. The monoisotopic (exact) mass is 408 g/mol. The van der Waals surface area contributed by atoms with Crippen LogP contribution < -0.4 is 15.2 Å². The highest BCUT2D eigenvalue weighted by atomic mass is 16.5. The number of nitrogens with zero attached hydrogens (tertiary/aromatic N) is 1. The van der Waals surface area contributed by atoms with Crippen LogP contribution >= 0.6 is 0 Å². The van der Waals surface area contributed by atoms with E-state index in [2.05, 4.69) is 4.98 Å². The molecule has 2 N–H and O–H groups in total. The standard InChI is InChI=1S/C22H20N2O6/c1-27-18-11-15(7-9-17(18)28-13-20(23)25)8-10-22(26)29-14-21-24-12-19(30-21)16-5-3-2-4-6-16/h2-12H,13-14H2,1H3,(H2,23,25)/b10-8+. The van der Waals surface area contributed by atoms with E-state index in [0.717, 1.165) is 5.56 Å². The fourth-order valence-electron chi connectivity index (χ4n) is 2.51. The van der Waals surface area contributed by atoms with Crippen LogP contribution in [0, 0.1) is 0 Å². The van der Waals surface area contributed by atoms with Gasteiger partial charge in [-0.15, -0.1) is 0 Å². The molecule has 1 heterocycles. The first-order valence-corrected chi connectivity index (χ1v) is 8.99. The number of esters is 1. The molecule has 0 saturated carbocycles. The Kier molecular flexibility index (Phi) is 6.83. The number of aromatic nitrogens is 1. The molecule has 8 heteroatoms. The summed E-state index contributed by atoms with van der Waals surface area (Å²) < 4.78 is 21.2. The summed E-state index contributed by atoms with van der Waals surface area (Å²) in [5, 5.41) is 0. The predicted molar refractivity (Wildman–Crippen MR) is 108 cm³/mol. The minimum absolute atomic E-state index is 0.0841. The maximum Gasteiger partial charge on any atom is 0.331 e. The SMILES string of the molecule is COc1cc(/C=C/C(=O)OCc2ncc(-c3ccccc3)o2)ccc1OCC(N)=O. The minimum Gasteiger partial charge on any atom is -0.493 e. The highest BCUT2D eigenvalue weighted by Gasteiger charge is 2.09. The number of nitrogens with two attached hydrogens (primary N) is 1. The van der Waals surface area contributed by atoms with Crippen molar-refractivity contribution in [3.8, 4) is 22.8 Å². The van der Waals surface area contributed by atoms with Crippen LogP contribution in [-0.4, -0.2) is 30.6 Å². The van der Waals surface area contributed by atoms with Gasteiger partial charge in [0.05, 0.1) is 13.3 Å². The summed E-state index contributed by atoms with van der Waals surface area (Å²) in [6, 6.07) is 14.5. The summed E-state index contributed by atoms with van der Waals surface area (Å²) in [4.78, 5) is 26.9. The number of methoxy groups -OCH3 is 1. The van der Waals surface area contributed by atoms with Gasteiger partial charge in [0.2, 0.25) is 5.89 Å². The van der Waals surface area contributed by atoms with Gasteiger partial charge in [0.15, 0.2) is 30.5 Å². The van der Waals surface area contributed by atoms with E-state index in [4.69, 9.17) is 24.4 Å². The van der Waals surface area contributed by atoms with Gasteiger partial charge in [-0.1, -0.05) is 36.4 Å². The van der Waals surface area contributed by atoms with Crippen molar-refractivity contribution in [3.05, 3.63) is 72.3 Å². The molecule has 0 atom stereocenters. The average molecular weight is 408 g/mol. The highest BCUT2D eigenvalue weighted by Crippen LogP contribution is 2.28. The molecular weight excluding hydrogens is 388 g/mol. The first kappa shape index (κ1) is 20.7. The van der Waals surface area contributed by atoms with Gasteiger partial charge >= 0.3 is 5.97 Å². The van der Waals surface area contributed by atoms with Crippen LogP contribution in [0.5, 0.6) is 11.5 Å². The molecule has 2 aromatic carbocycles. The van der Waals surface area contributed by atoms with E-state index in [9.17, 15) is 9.59 Å². The Hall–Kier alpha value is -4.07. The zero-order valence-corrected chi connectivity index (χ0v) is 16.2. The molecule has 0 aliphatic carbocycles. The zero-order valence-electron chi connectivity index (χ0n) is 16.2. The second-order valence-electron chi connectivity index (χ2n) is 6.09. The molecular formula is C22H20N2O6. The Morgan fingerprint density at radius 3 is 2.67 bits per heavy atom. The van der Waals surface area contributed by atoms with Crippen LogP contribution in [0.15, 0.2) is 65.2 Å². The van der Waals surface area contributed by atoms with Gasteiger partial charge in [0, 0.05) is 11.6 Å². The number of ether oxygens (including phenoxy) is 3. The molecule has 0 spiro atoms. The van der Waals surface area contributed by atoms with Crippen LogP contribution in [0.1, 0.15) is 11.5 Å². The van der Waals surface area contributed by atoms with Gasteiger partial charge in [0.25, 0.3) is 5.91 Å². The third-order valence-corrected chi connectivity index (χ3v) is 3.92. The van der Waals surface area contributed by atoms with Gasteiger partial charge in [0.1, 0.15) is 0 Å². The largest absolute Gasteiger partial charge is 0.493 e. The Labute approximate surface area is 172 Å². The topological polar surface area (TPSA) is 114 Å². The number of rotatable bonds is 9. The van der Waals surface area contributed by atoms with E-state index in [1.54, 1.807) is 30.5 Å². The highest BCUT2D eigenvalue weighted by molar-refractivity contribution is 5.87. The first-order valence-electron chi connectivity index (χ1n) is 8.99. The molecule has 0 radical (unpaired) electrons. The maximum atomic E-state index is 12.0. The van der Waals surface area contributed by atoms with Crippen molar-refractivity contribution in [1.82, 2.24) is 4.98 Å². The van der Waals surface area contributed by atoms with Crippen LogP contribution in [-0.2, 0) is 20.9 Å². The second-order valence-corrected chi connectivity index (χ2v) is 6.09. The Balaban J connectivity index is 1.56. The fourth-order valence-corrected chi connectivity index (χ4v) is 2.51. The summed E-state index contributed by atoms with van der Waals surface area (Å²) in [7, 11) is 1.47. The van der Waals surface area contributed by atoms with Gasteiger partial charge < -0.3 is 24.4 Å². The summed E-state index contributed by atoms with van der Waals surface area (Å²) in [5.74, 6) is 0.526. The molecule has 0 bridgehead atoms. The average Bonchev–Trinajstić information content (AvgIpc) is 3.24. The lowest BCUT2D eigenvalue weighted by molar-refractivity contribution is -0.139. The Bertz CT molecular complexity index is 1040. The number of hydrogen-bond acceptors (Lipinski definition) is 7. The van der Waals surface area contributed by atoms with E-state index in [1.807, 2.05) is 30.3 Å². The number of amides is 1. The van der Waals surface area contributed by atoms with Crippen molar-refractivity contribution >= 4 is 18.0 Å². The van der Waals surface area contributed by atoms with Crippen molar-refractivity contribution in [2.75, 3.05) is 13.7 Å². The van der Waals surface area contributed by atoms with Crippen molar-refractivity contribution < 1.29 is 28.2 Å². The molecule has 0 aliphatic heterocycles. The molecule has 0 fully saturated rings. The van der Waals surface area contributed by atoms with E-state index < -0.39 is 11.9 Å². The van der Waals surface area contributed by atoms with Crippen LogP contribution in [0.3, 0.4) is 0 Å². The number of carbonyl (C=O) groups is 2. The van der Waals surface area contributed by atoms with E-state index in [1.165, 1.54) is 13.2 Å². The molecule has 1 aromatic heterocycles. The molecule has 8 nitrogen and oxygen atoms in total.